The molecule has 0 saturated heterocycles. The molecule has 0 aliphatic rings. The van der Waals surface area contributed by atoms with Gasteiger partial charge in [0.2, 0.25) is 0 Å². The van der Waals surface area contributed by atoms with E-state index in [1.54, 1.807) is 0 Å². The van der Waals surface area contributed by atoms with Crippen LogP contribution in [0.25, 0.3) is 0 Å². The summed E-state index contributed by atoms with van der Waals surface area (Å²) in [6, 6.07) is -0.252. The predicted octanol–water partition coefficient (Wildman–Crippen LogP) is 1.20. The monoisotopic (exact) mass is 186 g/mol. The molecule has 0 aromatic rings. The van der Waals surface area contributed by atoms with E-state index in [1.165, 1.54) is 0 Å². The van der Waals surface area contributed by atoms with Gasteiger partial charge in [0.1, 0.15) is 5.78 Å². The van der Waals surface area contributed by atoms with Crippen LogP contribution in [0, 0.1) is 0 Å². The van der Waals surface area contributed by atoms with E-state index in [0.717, 1.165) is 32.1 Å². The molecule has 0 aromatic carbocycles. The summed E-state index contributed by atoms with van der Waals surface area (Å²) in [5.41, 5.74) is 11.1. The van der Waals surface area contributed by atoms with Gasteiger partial charge in [0.15, 0.2) is 0 Å². The van der Waals surface area contributed by atoms with E-state index in [-0.39, 0.29) is 11.8 Å². The lowest BCUT2D eigenvalue weighted by atomic mass is 10.0. The van der Waals surface area contributed by atoms with E-state index in [4.69, 9.17) is 11.5 Å². The summed E-state index contributed by atoms with van der Waals surface area (Å²) in [5.74, 6) is 0.207. The Balaban J connectivity index is 3.45. The number of unbranched alkanes of at least 4 members (excludes halogenated alkanes) is 2. The molecule has 1 atom stereocenters. The number of hydrogen-bond donors (Lipinski definition) is 2. The Labute approximate surface area is 80.9 Å². The standard InChI is InChI=1S/C10H22N2O/c1-2-3-7-10(13)9(12)6-4-5-8-11/h9H,2-8,11-12H2,1H3. The quantitative estimate of drug-likeness (QED) is 0.560. The van der Waals surface area contributed by atoms with Crippen LogP contribution in [0.3, 0.4) is 0 Å². The first-order chi connectivity index (χ1) is 6.22. The summed E-state index contributed by atoms with van der Waals surface area (Å²) in [5, 5.41) is 0. The third kappa shape index (κ3) is 6.72. The smallest absolute Gasteiger partial charge is 0.149 e. The second-order valence-corrected chi connectivity index (χ2v) is 3.46. The molecule has 0 aromatic heterocycles. The van der Waals surface area contributed by atoms with Crippen LogP contribution in [-0.4, -0.2) is 18.4 Å². The molecule has 0 spiro atoms. The largest absolute Gasteiger partial charge is 0.330 e. The van der Waals surface area contributed by atoms with Crippen molar-refractivity contribution >= 4 is 5.78 Å². The first-order valence-corrected chi connectivity index (χ1v) is 5.20. The maximum absolute atomic E-state index is 11.3. The van der Waals surface area contributed by atoms with Crippen LogP contribution in [0.5, 0.6) is 0 Å². The lowest BCUT2D eigenvalue weighted by molar-refractivity contribution is -0.120. The molecule has 0 fully saturated rings. The number of hydrogen-bond acceptors (Lipinski definition) is 3. The molecule has 78 valence electrons. The summed E-state index contributed by atoms with van der Waals surface area (Å²) >= 11 is 0. The maximum atomic E-state index is 11.3. The van der Waals surface area contributed by atoms with Gasteiger partial charge in [-0.15, -0.1) is 0 Å². The highest BCUT2D eigenvalue weighted by atomic mass is 16.1. The number of nitrogens with two attached hydrogens (primary N) is 2. The molecule has 3 heteroatoms. The van der Waals surface area contributed by atoms with Gasteiger partial charge in [0.05, 0.1) is 6.04 Å². The molecule has 0 heterocycles. The van der Waals surface area contributed by atoms with E-state index >= 15 is 0 Å². The molecule has 13 heavy (non-hydrogen) atoms. The predicted molar refractivity (Wildman–Crippen MR) is 55.4 cm³/mol. The fourth-order valence-electron chi connectivity index (χ4n) is 1.21. The van der Waals surface area contributed by atoms with Crippen molar-refractivity contribution in [3.8, 4) is 0 Å². The minimum Gasteiger partial charge on any atom is -0.330 e. The highest BCUT2D eigenvalue weighted by Gasteiger charge is 2.11. The fourth-order valence-corrected chi connectivity index (χ4v) is 1.21. The fraction of sp³-hybridized carbons (Fsp3) is 0.900. The molecule has 0 aliphatic heterocycles. The van der Waals surface area contributed by atoms with Gasteiger partial charge in [-0.2, -0.15) is 0 Å². The Morgan fingerprint density at radius 3 is 2.54 bits per heavy atom. The Kier molecular flexibility index (Phi) is 7.94. The molecule has 0 aliphatic carbocycles. The van der Waals surface area contributed by atoms with Crippen LogP contribution in [0.4, 0.5) is 0 Å². The van der Waals surface area contributed by atoms with E-state index in [9.17, 15) is 4.79 Å². The van der Waals surface area contributed by atoms with Crippen molar-refractivity contribution in [2.75, 3.05) is 6.54 Å². The Bertz CT molecular complexity index is 137. The average Bonchev–Trinajstić information content (AvgIpc) is 2.14. The summed E-state index contributed by atoms with van der Waals surface area (Å²) in [6.07, 6.45) is 5.38. The molecule has 4 N–H and O–H groups in total. The second-order valence-electron chi connectivity index (χ2n) is 3.46. The van der Waals surface area contributed by atoms with Gasteiger partial charge in [-0.3, -0.25) is 4.79 Å². The van der Waals surface area contributed by atoms with Gasteiger partial charge < -0.3 is 11.5 Å². The normalized spacial score (nSPS) is 12.8. The van der Waals surface area contributed by atoms with Crippen LogP contribution in [0.2, 0.25) is 0 Å². The number of carbonyl (C=O) groups is 1. The molecule has 0 amide bonds. The molecular formula is C10H22N2O. The summed E-state index contributed by atoms with van der Waals surface area (Å²) in [7, 11) is 0. The third-order valence-corrected chi connectivity index (χ3v) is 2.16. The van der Waals surface area contributed by atoms with E-state index in [2.05, 4.69) is 6.92 Å². The lowest BCUT2D eigenvalue weighted by Gasteiger charge is -2.09. The molecule has 0 rings (SSSR count). The molecule has 0 bridgehead atoms. The van der Waals surface area contributed by atoms with Crippen molar-refractivity contribution in [2.45, 2.75) is 51.5 Å². The van der Waals surface area contributed by atoms with Crippen LogP contribution < -0.4 is 11.5 Å². The molecule has 0 saturated carbocycles. The molecular weight excluding hydrogens is 164 g/mol. The first-order valence-electron chi connectivity index (χ1n) is 5.20. The highest BCUT2D eigenvalue weighted by molar-refractivity contribution is 5.83. The number of rotatable bonds is 8. The first kappa shape index (κ1) is 12.6. The van der Waals surface area contributed by atoms with E-state index in [0.29, 0.717) is 13.0 Å². The van der Waals surface area contributed by atoms with Gasteiger partial charge in [-0.1, -0.05) is 19.8 Å². The van der Waals surface area contributed by atoms with Gasteiger partial charge in [0, 0.05) is 6.42 Å². The molecule has 3 nitrogen and oxygen atoms in total. The molecule has 0 radical (unpaired) electrons. The third-order valence-electron chi connectivity index (χ3n) is 2.16. The minimum absolute atomic E-state index is 0.207. The summed E-state index contributed by atoms with van der Waals surface area (Å²) in [4.78, 5) is 11.3. The van der Waals surface area contributed by atoms with Crippen molar-refractivity contribution in [1.29, 1.82) is 0 Å². The van der Waals surface area contributed by atoms with Crippen molar-refractivity contribution in [3.05, 3.63) is 0 Å². The minimum atomic E-state index is -0.252. The van der Waals surface area contributed by atoms with Crippen LogP contribution in [-0.2, 0) is 4.79 Å². The zero-order valence-corrected chi connectivity index (χ0v) is 8.59. The Morgan fingerprint density at radius 1 is 1.31 bits per heavy atom. The SMILES string of the molecule is CCCCC(=O)C(N)CCCCN. The maximum Gasteiger partial charge on any atom is 0.149 e. The van der Waals surface area contributed by atoms with Crippen LogP contribution >= 0.6 is 0 Å². The van der Waals surface area contributed by atoms with Crippen molar-refractivity contribution < 1.29 is 4.79 Å². The van der Waals surface area contributed by atoms with Gasteiger partial charge in [0.25, 0.3) is 0 Å². The molecule has 1 unspecified atom stereocenters. The summed E-state index contributed by atoms with van der Waals surface area (Å²) < 4.78 is 0. The van der Waals surface area contributed by atoms with E-state index < -0.39 is 0 Å². The number of carbonyl (C=O) groups excluding carboxylic acids is 1. The van der Waals surface area contributed by atoms with Crippen LogP contribution in [0.15, 0.2) is 0 Å². The van der Waals surface area contributed by atoms with Crippen LogP contribution in [0.1, 0.15) is 45.4 Å². The Hall–Kier alpha value is -0.410. The average molecular weight is 186 g/mol. The van der Waals surface area contributed by atoms with Crippen molar-refractivity contribution in [3.63, 3.8) is 0 Å². The number of ketones is 1. The highest BCUT2D eigenvalue weighted by Crippen LogP contribution is 2.04. The Morgan fingerprint density at radius 2 is 2.00 bits per heavy atom. The lowest BCUT2D eigenvalue weighted by Crippen LogP contribution is -2.30. The summed E-state index contributed by atoms with van der Waals surface area (Å²) in [6.45, 7) is 2.77. The zero-order valence-electron chi connectivity index (χ0n) is 8.59. The number of Topliss-reactive ketones (excluding diaryl/α,β-unsaturated/α-hetero) is 1. The van der Waals surface area contributed by atoms with Gasteiger partial charge >= 0.3 is 0 Å². The topological polar surface area (TPSA) is 69.1 Å². The second kappa shape index (κ2) is 8.20. The van der Waals surface area contributed by atoms with Crippen molar-refractivity contribution in [2.24, 2.45) is 11.5 Å². The van der Waals surface area contributed by atoms with Crippen molar-refractivity contribution in [1.82, 2.24) is 0 Å². The zero-order chi connectivity index (χ0) is 10.1. The van der Waals surface area contributed by atoms with Gasteiger partial charge in [-0.05, 0) is 25.8 Å². The van der Waals surface area contributed by atoms with Gasteiger partial charge in [-0.25, -0.2) is 0 Å². The van der Waals surface area contributed by atoms with E-state index in [1.807, 2.05) is 0 Å².